The molecule has 2 N–H and O–H groups in total. The molecule has 1 saturated carbocycles. The van der Waals surface area contributed by atoms with E-state index in [0.29, 0.717) is 5.92 Å². The van der Waals surface area contributed by atoms with Crippen molar-refractivity contribution >= 4 is 5.82 Å². The summed E-state index contributed by atoms with van der Waals surface area (Å²) in [5.41, 5.74) is 1.17. The number of aliphatic hydroxyl groups excluding tert-OH is 1. The first kappa shape index (κ1) is 15.3. The molecule has 0 spiro atoms. The zero-order chi connectivity index (χ0) is 14.8. The van der Waals surface area contributed by atoms with Gasteiger partial charge in [-0.1, -0.05) is 46.6 Å². The van der Waals surface area contributed by atoms with E-state index in [4.69, 9.17) is 0 Å². The molecular formula is C17H28N2O. The molecule has 2 unspecified atom stereocenters. The number of pyridine rings is 1. The van der Waals surface area contributed by atoms with E-state index < -0.39 is 0 Å². The molecule has 112 valence electrons. The molecule has 20 heavy (non-hydrogen) atoms. The first-order valence-electron chi connectivity index (χ1n) is 7.70. The summed E-state index contributed by atoms with van der Waals surface area (Å²) in [7, 11) is 0. The van der Waals surface area contributed by atoms with Gasteiger partial charge in [0.2, 0.25) is 0 Å². The maximum absolute atomic E-state index is 9.81. The lowest BCUT2D eigenvalue weighted by Crippen LogP contribution is -2.46. The summed E-state index contributed by atoms with van der Waals surface area (Å²) in [6.45, 7) is 9.01. The summed E-state index contributed by atoms with van der Waals surface area (Å²) >= 11 is 0. The number of nitrogens with one attached hydrogen (secondary N) is 1. The molecule has 1 aliphatic carbocycles. The Morgan fingerprint density at radius 1 is 1.40 bits per heavy atom. The third-order valence-electron chi connectivity index (χ3n) is 4.42. The molecule has 0 saturated heterocycles. The van der Waals surface area contributed by atoms with Crippen molar-refractivity contribution in [1.82, 2.24) is 4.98 Å². The van der Waals surface area contributed by atoms with Crippen LogP contribution in [0.15, 0.2) is 18.3 Å². The van der Waals surface area contributed by atoms with E-state index in [1.807, 2.05) is 12.3 Å². The lowest BCUT2D eigenvalue weighted by molar-refractivity contribution is 0.149. The number of rotatable bonds is 3. The fraction of sp³-hybridized carbons (Fsp3) is 0.706. The summed E-state index contributed by atoms with van der Waals surface area (Å²) in [5, 5.41) is 13.3. The Hall–Kier alpha value is -1.09. The van der Waals surface area contributed by atoms with Gasteiger partial charge in [0.25, 0.3) is 0 Å². The topological polar surface area (TPSA) is 45.1 Å². The highest BCUT2D eigenvalue weighted by Gasteiger charge is 2.34. The number of aliphatic hydroxyl groups is 1. The minimum atomic E-state index is -0.187. The standard InChI is InChI=1S/C17H28N2O/c1-13-6-5-9-17(10-13,12-20)19-15-8-7-14(11-18-15)16(2,3)4/h7-8,11,13,20H,5-6,9-10,12H2,1-4H3,(H,18,19). The Labute approximate surface area is 122 Å². The second-order valence-corrected chi connectivity index (χ2v) is 7.45. The molecule has 1 aromatic heterocycles. The smallest absolute Gasteiger partial charge is 0.126 e. The van der Waals surface area contributed by atoms with E-state index in [9.17, 15) is 5.11 Å². The van der Waals surface area contributed by atoms with Crippen LogP contribution in [0.4, 0.5) is 5.82 Å². The SMILES string of the molecule is CC1CCCC(CO)(Nc2ccc(C(C)(C)C)cn2)C1. The molecular weight excluding hydrogens is 248 g/mol. The normalized spacial score (nSPS) is 27.4. The van der Waals surface area contributed by atoms with Gasteiger partial charge in [-0.25, -0.2) is 4.98 Å². The highest BCUT2D eigenvalue weighted by atomic mass is 16.3. The first-order chi connectivity index (χ1) is 9.35. The molecule has 1 heterocycles. The van der Waals surface area contributed by atoms with Crippen molar-refractivity contribution in [1.29, 1.82) is 0 Å². The Bertz CT molecular complexity index is 435. The van der Waals surface area contributed by atoms with Crippen LogP contribution in [0, 0.1) is 5.92 Å². The van der Waals surface area contributed by atoms with E-state index in [0.717, 1.165) is 18.7 Å². The maximum atomic E-state index is 9.81. The summed E-state index contributed by atoms with van der Waals surface area (Å²) in [4.78, 5) is 4.54. The predicted molar refractivity (Wildman–Crippen MR) is 84.0 cm³/mol. The van der Waals surface area contributed by atoms with Crippen molar-refractivity contribution in [3.05, 3.63) is 23.9 Å². The van der Waals surface area contributed by atoms with Crippen LogP contribution in [0.2, 0.25) is 0 Å². The molecule has 0 amide bonds. The average molecular weight is 276 g/mol. The van der Waals surface area contributed by atoms with Crippen LogP contribution >= 0.6 is 0 Å². The third-order valence-corrected chi connectivity index (χ3v) is 4.42. The number of anilines is 1. The Kier molecular flexibility index (Phi) is 4.38. The Morgan fingerprint density at radius 3 is 2.65 bits per heavy atom. The molecule has 0 aromatic carbocycles. The summed E-state index contributed by atoms with van der Waals surface area (Å²) in [6, 6.07) is 4.17. The predicted octanol–water partition coefficient (Wildman–Crippen LogP) is 3.73. The highest BCUT2D eigenvalue weighted by Crippen LogP contribution is 2.34. The first-order valence-corrected chi connectivity index (χ1v) is 7.70. The van der Waals surface area contributed by atoms with Crippen molar-refractivity contribution in [3.8, 4) is 0 Å². The summed E-state index contributed by atoms with van der Waals surface area (Å²) < 4.78 is 0. The fourth-order valence-electron chi connectivity index (χ4n) is 3.14. The molecule has 0 radical (unpaired) electrons. The zero-order valence-electron chi connectivity index (χ0n) is 13.2. The van der Waals surface area contributed by atoms with Crippen molar-refractivity contribution in [2.75, 3.05) is 11.9 Å². The maximum Gasteiger partial charge on any atom is 0.126 e. The van der Waals surface area contributed by atoms with Crippen LogP contribution in [-0.4, -0.2) is 22.2 Å². The van der Waals surface area contributed by atoms with Crippen LogP contribution in [0.25, 0.3) is 0 Å². The quantitative estimate of drug-likeness (QED) is 0.884. The lowest BCUT2D eigenvalue weighted by Gasteiger charge is -2.39. The van der Waals surface area contributed by atoms with E-state index in [-0.39, 0.29) is 17.6 Å². The van der Waals surface area contributed by atoms with Gasteiger partial charge < -0.3 is 10.4 Å². The van der Waals surface area contributed by atoms with Gasteiger partial charge in [0.05, 0.1) is 12.1 Å². The van der Waals surface area contributed by atoms with Crippen molar-refractivity contribution in [2.24, 2.45) is 5.92 Å². The van der Waals surface area contributed by atoms with Crippen molar-refractivity contribution in [3.63, 3.8) is 0 Å². The van der Waals surface area contributed by atoms with Crippen molar-refractivity contribution < 1.29 is 5.11 Å². The molecule has 2 atom stereocenters. The van der Waals surface area contributed by atoms with Gasteiger partial charge in [0.1, 0.15) is 5.82 Å². The number of hydrogen-bond acceptors (Lipinski definition) is 3. The van der Waals surface area contributed by atoms with Gasteiger partial charge in [-0.3, -0.25) is 0 Å². The van der Waals surface area contributed by atoms with Crippen molar-refractivity contribution in [2.45, 2.75) is 64.3 Å². The molecule has 3 heteroatoms. The summed E-state index contributed by atoms with van der Waals surface area (Å²) in [5.74, 6) is 1.54. The Morgan fingerprint density at radius 2 is 2.15 bits per heavy atom. The van der Waals surface area contributed by atoms with Gasteiger partial charge in [-0.2, -0.15) is 0 Å². The van der Waals surface area contributed by atoms with Gasteiger partial charge in [0, 0.05) is 6.20 Å². The third kappa shape index (κ3) is 3.51. The van der Waals surface area contributed by atoms with E-state index >= 15 is 0 Å². The fourth-order valence-corrected chi connectivity index (χ4v) is 3.14. The molecule has 3 nitrogen and oxygen atoms in total. The zero-order valence-corrected chi connectivity index (χ0v) is 13.2. The highest BCUT2D eigenvalue weighted by molar-refractivity contribution is 5.40. The van der Waals surface area contributed by atoms with E-state index in [1.54, 1.807) is 0 Å². The van der Waals surface area contributed by atoms with Gasteiger partial charge in [0.15, 0.2) is 0 Å². The van der Waals surface area contributed by atoms with E-state index in [2.05, 4.69) is 44.1 Å². The molecule has 0 bridgehead atoms. The van der Waals surface area contributed by atoms with Crippen LogP contribution in [-0.2, 0) is 5.41 Å². The van der Waals surface area contributed by atoms with Gasteiger partial charge in [-0.05, 0) is 35.8 Å². The molecule has 1 fully saturated rings. The lowest BCUT2D eigenvalue weighted by atomic mass is 9.77. The number of hydrogen-bond donors (Lipinski definition) is 2. The van der Waals surface area contributed by atoms with Crippen LogP contribution in [0.5, 0.6) is 0 Å². The molecule has 1 aliphatic rings. The summed E-state index contributed by atoms with van der Waals surface area (Å²) in [6.07, 6.45) is 6.43. The molecule has 2 rings (SSSR count). The van der Waals surface area contributed by atoms with E-state index in [1.165, 1.54) is 18.4 Å². The minimum Gasteiger partial charge on any atom is -0.394 e. The van der Waals surface area contributed by atoms with Crippen LogP contribution in [0.1, 0.15) is 58.9 Å². The largest absolute Gasteiger partial charge is 0.394 e. The average Bonchev–Trinajstić information content (AvgIpc) is 2.38. The second-order valence-electron chi connectivity index (χ2n) is 7.45. The van der Waals surface area contributed by atoms with Crippen LogP contribution < -0.4 is 5.32 Å². The van der Waals surface area contributed by atoms with Gasteiger partial charge >= 0.3 is 0 Å². The minimum absolute atomic E-state index is 0.125. The molecule has 0 aliphatic heterocycles. The Balaban J connectivity index is 2.12. The monoisotopic (exact) mass is 276 g/mol. The van der Waals surface area contributed by atoms with Crippen LogP contribution in [0.3, 0.4) is 0 Å². The van der Waals surface area contributed by atoms with Gasteiger partial charge in [-0.15, -0.1) is 0 Å². The number of aromatic nitrogens is 1. The number of nitrogens with zero attached hydrogens (tertiary/aromatic N) is 1. The second kappa shape index (κ2) is 5.72. The molecule has 1 aromatic rings.